The lowest BCUT2D eigenvalue weighted by molar-refractivity contribution is 0.110. The summed E-state index contributed by atoms with van der Waals surface area (Å²) < 4.78 is 18.7. The summed E-state index contributed by atoms with van der Waals surface area (Å²) in [5.41, 5.74) is 6.08. The van der Waals surface area contributed by atoms with Gasteiger partial charge in [-0.2, -0.15) is 0 Å². The number of thiocarbonyl (C=S) groups is 1. The molecule has 0 saturated carbocycles. The van der Waals surface area contributed by atoms with Gasteiger partial charge in [-0.25, -0.2) is 4.39 Å². The minimum Gasteiger partial charge on any atom is -0.393 e. The van der Waals surface area contributed by atoms with Crippen LogP contribution in [-0.2, 0) is 11.3 Å². The Hall–Kier alpha value is -1.00. The molecule has 2 N–H and O–H groups in total. The van der Waals surface area contributed by atoms with Gasteiger partial charge in [-0.05, 0) is 18.9 Å². The van der Waals surface area contributed by atoms with Crippen LogP contribution in [0.2, 0.25) is 0 Å². The summed E-state index contributed by atoms with van der Waals surface area (Å²) in [6.45, 7) is 4.93. The molecule has 0 aliphatic carbocycles. The van der Waals surface area contributed by atoms with Crippen molar-refractivity contribution in [2.75, 3.05) is 6.61 Å². The predicted octanol–water partition coefficient (Wildman–Crippen LogP) is 3.43. The molecule has 1 aromatic carbocycles. The summed E-state index contributed by atoms with van der Waals surface area (Å²) in [6.07, 6.45) is 1.73. The van der Waals surface area contributed by atoms with E-state index in [1.54, 1.807) is 18.2 Å². The van der Waals surface area contributed by atoms with Crippen molar-refractivity contribution in [3.63, 3.8) is 0 Å². The van der Waals surface area contributed by atoms with Gasteiger partial charge in [0.1, 0.15) is 5.82 Å². The Balaban J connectivity index is 2.24. The first-order valence-corrected chi connectivity index (χ1v) is 6.45. The molecule has 0 spiro atoms. The molecule has 18 heavy (non-hydrogen) atoms. The van der Waals surface area contributed by atoms with Crippen LogP contribution in [0.25, 0.3) is 0 Å². The lowest BCUT2D eigenvalue weighted by atomic mass is 9.88. The van der Waals surface area contributed by atoms with Gasteiger partial charge in [-0.3, -0.25) is 0 Å². The average Bonchev–Trinajstić information content (AvgIpc) is 2.30. The van der Waals surface area contributed by atoms with Gasteiger partial charge in [0, 0.05) is 17.6 Å². The summed E-state index contributed by atoms with van der Waals surface area (Å²) in [6, 6.07) is 6.64. The van der Waals surface area contributed by atoms with Crippen molar-refractivity contribution in [3.05, 3.63) is 35.6 Å². The van der Waals surface area contributed by atoms with Crippen molar-refractivity contribution in [1.29, 1.82) is 0 Å². The lowest BCUT2D eigenvalue weighted by Gasteiger charge is -2.22. The molecule has 100 valence electrons. The molecule has 1 rings (SSSR count). The number of hydrogen-bond donors (Lipinski definition) is 1. The molecule has 0 heterocycles. The van der Waals surface area contributed by atoms with Gasteiger partial charge in [-0.15, -0.1) is 0 Å². The summed E-state index contributed by atoms with van der Waals surface area (Å²) in [5, 5.41) is 0. The zero-order valence-electron chi connectivity index (χ0n) is 10.9. The molecule has 0 aliphatic rings. The highest BCUT2D eigenvalue weighted by atomic mass is 32.1. The van der Waals surface area contributed by atoms with E-state index in [-0.39, 0.29) is 11.2 Å². The first kappa shape index (κ1) is 15.1. The SMILES string of the molecule is CC(C)(CCCOCc1ccccc1F)C(N)=S. The van der Waals surface area contributed by atoms with Crippen LogP contribution in [0.5, 0.6) is 0 Å². The first-order valence-electron chi connectivity index (χ1n) is 6.04. The Morgan fingerprint density at radius 2 is 2.06 bits per heavy atom. The van der Waals surface area contributed by atoms with Crippen molar-refractivity contribution in [3.8, 4) is 0 Å². The highest BCUT2D eigenvalue weighted by Gasteiger charge is 2.20. The molecule has 1 aromatic rings. The van der Waals surface area contributed by atoms with Crippen molar-refractivity contribution >= 4 is 17.2 Å². The quantitative estimate of drug-likeness (QED) is 0.608. The highest BCUT2D eigenvalue weighted by Crippen LogP contribution is 2.22. The minimum atomic E-state index is -0.221. The third-order valence-electron chi connectivity index (χ3n) is 2.97. The lowest BCUT2D eigenvalue weighted by Crippen LogP contribution is -2.29. The van der Waals surface area contributed by atoms with Crippen LogP contribution in [0.15, 0.2) is 24.3 Å². The van der Waals surface area contributed by atoms with E-state index >= 15 is 0 Å². The van der Waals surface area contributed by atoms with E-state index in [1.165, 1.54) is 6.07 Å². The standard InChI is InChI=1S/C14H20FNOS/c1-14(2,13(16)18)8-5-9-17-10-11-6-3-4-7-12(11)15/h3-4,6-7H,5,8-10H2,1-2H3,(H2,16,18). The van der Waals surface area contributed by atoms with E-state index in [0.717, 1.165) is 12.8 Å². The third kappa shape index (κ3) is 4.70. The van der Waals surface area contributed by atoms with Crippen LogP contribution in [-0.4, -0.2) is 11.6 Å². The molecule has 4 heteroatoms. The van der Waals surface area contributed by atoms with Gasteiger partial charge in [0.2, 0.25) is 0 Å². The van der Waals surface area contributed by atoms with Gasteiger partial charge in [0.15, 0.2) is 0 Å². The minimum absolute atomic E-state index is 0.142. The van der Waals surface area contributed by atoms with E-state index in [0.29, 0.717) is 23.8 Å². The van der Waals surface area contributed by atoms with Gasteiger partial charge >= 0.3 is 0 Å². The summed E-state index contributed by atoms with van der Waals surface area (Å²) >= 11 is 4.99. The maximum atomic E-state index is 13.3. The maximum Gasteiger partial charge on any atom is 0.128 e. The van der Waals surface area contributed by atoms with E-state index in [4.69, 9.17) is 22.7 Å². The Morgan fingerprint density at radius 1 is 1.39 bits per heavy atom. The summed E-state index contributed by atoms with van der Waals surface area (Å²) in [7, 11) is 0. The Bertz CT molecular complexity index is 407. The Kier molecular flexibility index (Phi) is 5.69. The normalized spacial score (nSPS) is 11.5. The molecule has 0 amide bonds. The van der Waals surface area contributed by atoms with Crippen LogP contribution in [0.1, 0.15) is 32.3 Å². The number of hydrogen-bond acceptors (Lipinski definition) is 2. The van der Waals surface area contributed by atoms with E-state index < -0.39 is 0 Å². The average molecular weight is 269 g/mol. The van der Waals surface area contributed by atoms with Crippen molar-refractivity contribution in [2.45, 2.75) is 33.3 Å². The monoisotopic (exact) mass is 269 g/mol. The first-order chi connectivity index (χ1) is 8.43. The van der Waals surface area contributed by atoms with Gasteiger partial charge < -0.3 is 10.5 Å². The van der Waals surface area contributed by atoms with Crippen molar-refractivity contribution < 1.29 is 9.13 Å². The highest BCUT2D eigenvalue weighted by molar-refractivity contribution is 7.80. The third-order valence-corrected chi connectivity index (χ3v) is 3.53. The maximum absolute atomic E-state index is 13.3. The molecule has 0 unspecified atom stereocenters. The number of ether oxygens (including phenoxy) is 1. The fraction of sp³-hybridized carbons (Fsp3) is 0.500. The van der Waals surface area contributed by atoms with E-state index in [9.17, 15) is 4.39 Å². The van der Waals surface area contributed by atoms with Gasteiger partial charge in [0.25, 0.3) is 0 Å². The molecule has 0 aliphatic heterocycles. The zero-order chi connectivity index (χ0) is 13.6. The zero-order valence-corrected chi connectivity index (χ0v) is 11.7. The van der Waals surface area contributed by atoms with Crippen molar-refractivity contribution in [1.82, 2.24) is 0 Å². The largest absolute Gasteiger partial charge is 0.393 e. The Morgan fingerprint density at radius 3 is 2.67 bits per heavy atom. The smallest absolute Gasteiger partial charge is 0.128 e. The molecule has 0 radical (unpaired) electrons. The molecule has 0 saturated heterocycles. The molecule has 0 bridgehead atoms. The van der Waals surface area contributed by atoms with Crippen LogP contribution in [0.3, 0.4) is 0 Å². The molecule has 0 atom stereocenters. The number of nitrogens with two attached hydrogens (primary N) is 1. The second-order valence-electron chi connectivity index (χ2n) is 5.00. The number of halogens is 1. The van der Waals surface area contributed by atoms with Crippen LogP contribution < -0.4 is 5.73 Å². The Labute approximate surface area is 113 Å². The second kappa shape index (κ2) is 6.81. The molecule has 0 aromatic heterocycles. The number of benzene rings is 1. The second-order valence-corrected chi connectivity index (χ2v) is 5.44. The summed E-state index contributed by atoms with van der Waals surface area (Å²) in [5.74, 6) is -0.221. The topological polar surface area (TPSA) is 35.2 Å². The van der Waals surface area contributed by atoms with Crippen LogP contribution >= 0.6 is 12.2 Å². The molecule has 0 fully saturated rings. The molecular weight excluding hydrogens is 249 g/mol. The van der Waals surface area contributed by atoms with Crippen molar-refractivity contribution in [2.24, 2.45) is 11.1 Å². The fourth-order valence-electron chi connectivity index (χ4n) is 1.54. The van der Waals surface area contributed by atoms with E-state index in [2.05, 4.69) is 0 Å². The predicted molar refractivity (Wildman–Crippen MR) is 75.9 cm³/mol. The van der Waals surface area contributed by atoms with Gasteiger partial charge in [0.05, 0.1) is 11.6 Å². The number of rotatable bonds is 7. The van der Waals surface area contributed by atoms with Crippen LogP contribution in [0, 0.1) is 11.2 Å². The van der Waals surface area contributed by atoms with Crippen LogP contribution in [0.4, 0.5) is 4.39 Å². The summed E-state index contributed by atoms with van der Waals surface area (Å²) in [4.78, 5) is 0.525. The van der Waals surface area contributed by atoms with E-state index in [1.807, 2.05) is 13.8 Å². The fourth-order valence-corrected chi connectivity index (χ4v) is 1.64. The molecule has 2 nitrogen and oxygen atoms in total. The van der Waals surface area contributed by atoms with Gasteiger partial charge in [-0.1, -0.05) is 44.3 Å². The molecular formula is C14H20FNOS.